The number of benzene rings is 2. The molecule has 0 amide bonds. The van der Waals surface area contributed by atoms with Gasteiger partial charge >= 0.3 is 0 Å². The molecule has 0 spiro atoms. The van der Waals surface area contributed by atoms with Gasteiger partial charge in [-0.2, -0.15) is 4.31 Å². The van der Waals surface area contributed by atoms with Crippen LogP contribution in [0.4, 0.5) is 15.8 Å². The summed E-state index contributed by atoms with van der Waals surface area (Å²) in [4.78, 5) is -0.103. The molecule has 0 atom stereocenters. The van der Waals surface area contributed by atoms with Crippen LogP contribution >= 0.6 is 0 Å². The lowest BCUT2D eigenvalue weighted by atomic mass is 10.2. The molecule has 32 heavy (non-hydrogen) atoms. The number of halogens is 1. The Morgan fingerprint density at radius 1 is 1.03 bits per heavy atom. The third kappa shape index (κ3) is 5.58. The first-order valence-corrected chi connectivity index (χ1v) is 13.3. The van der Waals surface area contributed by atoms with Gasteiger partial charge in [0.05, 0.1) is 34.4 Å². The van der Waals surface area contributed by atoms with Crippen LogP contribution in [0.25, 0.3) is 0 Å². The van der Waals surface area contributed by atoms with Gasteiger partial charge in [-0.15, -0.1) is 0 Å². The molecule has 1 saturated heterocycles. The molecule has 0 radical (unpaired) electrons. The molecule has 11 heteroatoms. The second-order valence-electron chi connectivity index (χ2n) is 7.52. The minimum atomic E-state index is -4.09. The highest BCUT2D eigenvalue weighted by Gasteiger charge is 2.28. The van der Waals surface area contributed by atoms with E-state index in [2.05, 4.69) is 10.0 Å². The largest absolute Gasteiger partial charge is 0.383 e. The van der Waals surface area contributed by atoms with Gasteiger partial charge < -0.3 is 10.1 Å². The van der Waals surface area contributed by atoms with E-state index in [1.807, 2.05) is 6.92 Å². The van der Waals surface area contributed by atoms with E-state index in [1.54, 1.807) is 6.07 Å². The summed E-state index contributed by atoms with van der Waals surface area (Å²) in [5.74, 6) is -0.540. The Morgan fingerprint density at radius 3 is 2.41 bits per heavy atom. The van der Waals surface area contributed by atoms with Crippen LogP contribution in [0.1, 0.15) is 25.3 Å². The highest BCUT2D eigenvalue weighted by Crippen LogP contribution is 2.30. The van der Waals surface area contributed by atoms with Gasteiger partial charge in [-0.1, -0.05) is 13.3 Å². The number of morpholine rings is 1. The quantitative estimate of drug-likeness (QED) is 0.529. The maximum absolute atomic E-state index is 13.5. The average Bonchev–Trinajstić information content (AvgIpc) is 2.75. The van der Waals surface area contributed by atoms with E-state index in [4.69, 9.17) is 4.74 Å². The Labute approximate surface area is 188 Å². The topological polar surface area (TPSA) is 105 Å². The molecule has 2 aromatic rings. The molecule has 1 fully saturated rings. The second kappa shape index (κ2) is 10.2. The molecule has 2 N–H and O–H groups in total. The Morgan fingerprint density at radius 2 is 1.75 bits per heavy atom. The number of aryl methyl sites for hydroxylation is 1. The summed E-state index contributed by atoms with van der Waals surface area (Å²) in [5.41, 5.74) is 0.817. The minimum Gasteiger partial charge on any atom is -0.383 e. The van der Waals surface area contributed by atoms with E-state index in [0.717, 1.165) is 25.0 Å². The molecule has 1 heterocycles. The number of nitrogens with zero attached hydrogens (tertiary/aromatic N) is 1. The van der Waals surface area contributed by atoms with Gasteiger partial charge in [0.25, 0.3) is 10.0 Å². The van der Waals surface area contributed by atoms with Gasteiger partial charge in [-0.05, 0) is 55.3 Å². The van der Waals surface area contributed by atoms with E-state index >= 15 is 0 Å². The number of unbranched alkanes of at least 4 members (excludes halogenated alkanes) is 1. The normalized spacial score (nSPS) is 15.5. The third-order valence-corrected chi connectivity index (χ3v) is 8.54. The van der Waals surface area contributed by atoms with E-state index in [1.165, 1.54) is 29.4 Å². The fourth-order valence-electron chi connectivity index (χ4n) is 3.37. The molecular weight excluding hydrogens is 457 g/mol. The molecule has 3 rings (SSSR count). The first-order chi connectivity index (χ1) is 15.1. The number of sulfonamides is 2. The molecule has 0 aliphatic carbocycles. The van der Waals surface area contributed by atoms with Gasteiger partial charge in [-0.25, -0.2) is 21.2 Å². The van der Waals surface area contributed by atoms with Crippen LogP contribution < -0.4 is 10.0 Å². The summed E-state index contributed by atoms with van der Waals surface area (Å²) in [5, 5.41) is 3.15. The fraction of sp³-hybridized carbons (Fsp3) is 0.429. The zero-order chi connectivity index (χ0) is 23.4. The Bertz CT molecular complexity index is 1160. The highest BCUT2D eigenvalue weighted by molar-refractivity contribution is 7.92. The van der Waals surface area contributed by atoms with Gasteiger partial charge in [-0.3, -0.25) is 4.72 Å². The van der Waals surface area contributed by atoms with Gasteiger partial charge in [0.2, 0.25) is 10.0 Å². The molecule has 0 aromatic heterocycles. The van der Waals surface area contributed by atoms with Gasteiger partial charge in [0.15, 0.2) is 0 Å². The first kappa shape index (κ1) is 24.4. The summed E-state index contributed by atoms with van der Waals surface area (Å²) in [6.45, 7) is 5.19. The average molecular weight is 486 g/mol. The van der Waals surface area contributed by atoms with E-state index in [0.29, 0.717) is 25.4 Å². The maximum Gasteiger partial charge on any atom is 0.262 e. The smallest absolute Gasteiger partial charge is 0.262 e. The molecule has 1 aliphatic heterocycles. The van der Waals surface area contributed by atoms with Crippen LogP contribution in [-0.4, -0.2) is 54.0 Å². The van der Waals surface area contributed by atoms with Gasteiger partial charge in [0.1, 0.15) is 5.82 Å². The van der Waals surface area contributed by atoms with Crippen molar-refractivity contribution in [3.63, 3.8) is 0 Å². The number of hydrogen-bond acceptors (Lipinski definition) is 6. The van der Waals surface area contributed by atoms with Crippen LogP contribution in [0.5, 0.6) is 0 Å². The lowest BCUT2D eigenvalue weighted by Crippen LogP contribution is -2.40. The van der Waals surface area contributed by atoms with Crippen molar-refractivity contribution >= 4 is 31.4 Å². The van der Waals surface area contributed by atoms with Crippen molar-refractivity contribution in [3.8, 4) is 0 Å². The van der Waals surface area contributed by atoms with Crippen molar-refractivity contribution in [3.05, 3.63) is 47.8 Å². The van der Waals surface area contributed by atoms with Crippen molar-refractivity contribution in [2.75, 3.05) is 42.9 Å². The predicted octanol–water partition coefficient (Wildman–Crippen LogP) is 3.17. The molecule has 176 valence electrons. The summed E-state index contributed by atoms with van der Waals surface area (Å²) in [6, 6.07) is 7.72. The minimum absolute atomic E-state index is 0.0195. The molecule has 0 bridgehead atoms. The number of nitrogens with one attached hydrogen (secondary N) is 2. The molecule has 8 nitrogen and oxygen atoms in total. The zero-order valence-corrected chi connectivity index (χ0v) is 19.7. The monoisotopic (exact) mass is 485 g/mol. The number of hydrogen-bond donors (Lipinski definition) is 2. The summed E-state index contributed by atoms with van der Waals surface area (Å²) < 4.78 is 74.7. The summed E-state index contributed by atoms with van der Waals surface area (Å²) in [7, 11) is -7.91. The molecule has 1 aliphatic rings. The van der Waals surface area contributed by atoms with Crippen molar-refractivity contribution in [1.82, 2.24) is 4.31 Å². The summed E-state index contributed by atoms with van der Waals surface area (Å²) in [6.07, 6.45) is 1.80. The van der Waals surface area contributed by atoms with Crippen molar-refractivity contribution < 1.29 is 26.0 Å². The molecule has 0 saturated carbocycles. The third-order valence-electron chi connectivity index (χ3n) is 5.12. The Kier molecular flexibility index (Phi) is 7.75. The van der Waals surface area contributed by atoms with Crippen LogP contribution in [0.2, 0.25) is 0 Å². The molecule has 0 unspecified atom stereocenters. The molecular formula is C21H28FN3O5S2. The van der Waals surface area contributed by atoms with Gasteiger partial charge in [0, 0.05) is 19.6 Å². The fourth-order valence-corrected chi connectivity index (χ4v) is 6.11. The Balaban J connectivity index is 1.99. The van der Waals surface area contributed by atoms with E-state index in [-0.39, 0.29) is 34.1 Å². The summed E-state index contributed by atoms with van der Waals surface area (Å²) >= 11 is 0. The zero-order valence-electron chi connectivity index (χ0n) is 18.1. The van der Waals surface area contributed by atoms with E-state index in [9.17, 15) is 21.2 Å². The lowest BCUT2D eigenvalue weighted by molar-refractivity contribution is 0.0730. The number of ether oxygens (including phenoxy) is 1. The SMILES string of the molecule is CCCCNc1ccc(S(=O)(=O)N2CCOCC2)cc1NS(=O)(=O)c1ccc(F)cc1C. The highest BCUT2D eigenvalue weighted by atomic mass is 32.2. The number of rotatable bonds is 9. The number of anilines is 2. The maximum atomic E-state index is 13.5. The van der Waals surface area contributed by atoms with Crippen molar-refractivity contribution in [2.24, 2.45) is 0 Å². The Hall–Kier alpha value is -2.21. The van der Waals surface area contributed by atoms with Crippen molar-refractivity contribution in [2.45, 2.75) is 36.5 Å². The predicted molar refractivity (Wildman–Crippen MR) is 121 cm³/mol. The van der Waals surface area contributed by atoms with Crippen LogP contribution in [0, 0.1) is 12.7 Å². The van der Waals surface area contributed by atoms with Crippen LogP contribution in [0.15, 0.2) is 46.2 Å². The first-order valence-electron chi connectivity index (χ1n) is 10.4. The van der Waals surface area contributed by atoms with E-state index < -0.39 is 25.9 Å². The molecule has 2 aromatic carbocycles. The van der Waals surface area contributed by atoms with Crippen molar-refractivity contribution in [1.29, 1.82) is 0 Å². The van der Waals surface area contributed by atoms with Crippen LogP contribution in [0.3, 0.4) is 0 Å². The lowest BCUT2D eigenvalue weighted by Gasteiger charge is -2.26. The second-order valence-corrected chi connectivity index (χ2v) is 11.1. The standard InChI is InChI=1S/C21H28FN3O5S2/c1-3-4-9-23-19-7-6-18(32(28,29)25-10-12-30-13-11-25)15-20(19)24-31(26,27)21-8-5-17(22)14-16(21)2/h5-8,14-15,23-24H,3-4,9-13H2,1-2H3. The van der Waals surface area contributed by atoms with Crippen LogP contribution in [-0.2, 0) is 24.8 Å².